The Hall–Kier alpha value is -4.95. The molecule has 53 heavy (non-hydrogen) atoms. The van der Waals surface area contributed by atoms with Crippen molar-refractivity contribution in [2.45, 2.75) is 124 Å². The van der Waals surface area contributed by atoms with Crippen LogP contribution >= 0.6 is 0 Å². The van der Waals surface area contributed by atoms with Gasteiger partial charge in [0.15, 0.2) is 0 Å². The van der Waals surface area contributed by atoms with Crippen molar-refractivity contribution in [1.82, 2.24) is 31.5 Å². The molecule has 15 heteroatoms. The fourth-order valence-electron chi connectivity index (χ4n) is 5.06. The second-order valence-electron chi connectivity index (χ2n) is 14.4. The van der Waals surface area contributed by atoms with Crippen LogP contribution in [0, 0.1) is 11.8 Å². The molecule has 0 spiro atoms. The van der Waals surface area contributed by atoms with Crippen LogP contribution in [0.2, 0.25) is 0 Å². The number of hydrogen-bond donors (Lipinski definition) is 5. The molecule has 0 bridgehead atoms. The molecule has 0 radical (unpaired) electrons. The summed E-state index contributed by atoms with van der Waals surface area (Å²) in [5.41, 5.74) is -0.0640. The van der Waals surface area contributed by atoms with Gasteiger partial charge < -0.3 is 41.0 Å². The van der Waals surface area contributed by atoms with Gasteiger partial charge in [0.1, 0.15) is 41.9 Å². The quantitative estimate of drug-likeness (QED) is 0.104. The van der Waals surface area contributed by atoms with E-state index in [-0.39, 0.29) is 24.8 Å². The summed E-state index contributed by atoms with van der Waals surface area (Å²) >= 11 is 0. The Balaban J connectivity index is 3.29. The van der Waals surface area contributed by atoms with E-state index in [9.17, 15) is 33.6 Å². The summed E-state index contributed by atoms with van der Waals surface area (Å²) in [6.07, 6.45) is 1.20. The molecule has 5 N–H and O–H groups in total. The van der Waals surface area contributed by atoms with Crippen LogP contribution in [0.1, 0.15) is 81.2 Å². The van der Waals surface area contributed by atoms with Crippen LogP contribution in [0.3, 0.4) is 0 Å². The van der Waals surface area contributed by atoms with Crippen LogP contribution in [0.25, 0.3) is 0 Å². The Bertz CT molecular complexity index is 1430. The van der Waals surface area contributed by atoms with E-state index in [2.05, 4.69) is 33.2 Å². The molecule has 0 aliphatic carbocycles. The van der Waals surface area contributed by atoms with Gasteiger partial charge in [0.2, 0.25) is 29.5 Å². The third-order valence-electron chi connectivity index (χ3n) is 8.44. The summed E-state index contributed by atoms with van der Waals surface area (Å²) in [6, 6.07) is 2.47. The van der Waals surface area contributed by atoms with Crippen LogP contribution in [0.15, 0.2) is 43.0 Å². The standard InChI is InChI=1S/C38H60N6O9/c1-13-20-44(26(8)33(47)43-30(23(5)14-2)34(48)42-29(22(3)4)36(50)52-12)35(49)28(21-27-18-16-15-17-19-27)41-32(46)24(6)39-31(45)25(7)40-37(51)53-38(9,10)11/h13,15-19,22-26,28-30H,1,14,20-21H2,2-12H3,(H,39,45)(H,40,51)(H,41,46)(H,42,48)(H,43,47)/t23-,24-,25-,26?,28-,29-,30-/m0/s1. The number of amides is 6. The number of ether oxygens (including phenoxy) is 2. The molecule has 0 fully saturated rings. The van der Waals surface area contributed by atoms with Crippen molar-refractivity contribution in [3.05, 3.63) is 48.6 Å². The molecule has 1 rings (SSSR count). The molecule has 15 nitrogen and oxygen atoms in total. The minimum atomic E-state index is -1.18. The predicted molar refractivity (Wildman–Crippen MR) is 200 cm³/mol. The highest BCUT2D eigenvalue weighted by molar-refractivity contribution is 5.96. The molecule has 0 aliphatic heterocycles. The normalized spacial score (nSPS) is 15.2. The average Bonchev–Trinajstić information content (AvgIpc) is 3.09. The summed E-state index contributed by atoms with van der Waals surface area (Å²) in [4.78, 5) is 93.5. The number of methoxy groups -OCH3 is 1. The highest BCUT2D eigenvalue weighted by atomic mass is 16.6. The van der Waals surface area contributed by atoms with Crippen molar-refractivity contribution in [3.63, 3.8) is 0 Å². The SMILES string of the molecule is C=CCN(C(=O)[C@H](Cc1ccccc1)NC(=O)[C@H](C)NC(=O)[C@H](C)NC(=O)OC(C)(C)C)C(C)C(=O)N[C@H](C(=O)N[C@H](C(=O)OC)C(C)C)[C@@H](C)CC. The molecule has 7 atom stereocenters. The van der Waals surface area contributed by atoms with Gasteiger partial charge in [0, 0.05) is 13.0 Å². The first-order chi connectivity index (χ1) is 24.7. The molecular formula is C38H60N6O9. The summed E-state index contributed by atoms with van der Waals surface area (Å²) < 4.78 is 10.0. The zero-order valence-corrected chi connectivity index (χ0v) is 33.0. The highest BCUT2D eigenvalue weighted by Gasteiger charge is 2.36. The molecule has 0 aromatic heterocycles. The maximum atomic E-state index is 14.2. The van der Waals surface area contributed by atoms with Gasteiger partial charge in [-0.15, -0.1) is 6.58 Å². The maximum absolute atomic E-state index is 14.2. The largest absolute Gasteiger partial charge is 0.467 e. The van der Waals surface area contributed by atoms with E-state index in [1.807, 2.05) is 6.92 Å². The molecular weight excluding hydrogens is 684 g/mol. The number of nitrogens with zero attached hydrogens (tertiary/aromatic N) is 1. The van der Waals surface area contributed by atoms with E-state index in [0.717, 1.165) is 0 Å². The summed E-state index contributed by atoms with van der Waals surface area (Å²) in [5.74, 6) is -4.43. The fourth-order valence-corrected chi connectivity index (χ4v) is 5.06. The smallest absolute Gasteiger partial charge is 0.408 e. The van der Waals surface area contributed by atoms with Crippen LogP contribution in [-0.2, 0) is 44.7 Å². The van der Waals surface area contributed by atoms with Gasteiger partial charge in [-0.25, -0.2) is 9.59 Å². The topological polar surface area (TPSA) is 201 Å². The van der Waals surface area contributed by atoms with Crippen LogP contribution in [0.4, 0.5) is 4.79 Å². The Morgan fingerprint density at radius 2 is 1.32 bits per heavy atom. The average molecular weight is 745 g/mol. The van der Waals surface area contributed by atoms with Gasteiger partial charge in [0.25, 0.3) is 0 Å². The highest BCUT2D eigenvalue weighted by Crippen LogP contribution is 2.14. The van der Waals surface area contributed by atoms with E-state index in [0.29, 0.717) is 12.0 Å². The predicted octanol–water partition coefficient (Wildman–Crippen LogP) is 2.38. The van der Waals surface area contributed by atoms with Gasteiger partial charge in [-0.2, -0.15) is 0 Å². The van der Waals surface area contributed by atoms with Crippen LogP contribution in [0.5, 0.6) is 0 Å². The summed E-state index contributed by atoms with van der Waals surface area (Å²) in [6.45, 7) is 20.2. The molecule has 6 amide bonds. The van der Waals surface area contributed by atoms with Crippen molar-refractivity contribution in [1.29, 1.82) is 0 Å². The number of hydrogen-bond acceptors (Lipinski definition) is 9. The van der Waals surface area contributed by atoms with Gasteiger partial charge in [0.05, 0.1) is 7.11 Å². The summed E-state index contributed by atoms with van der Waals surface area (Å²) in [5, 5.41) is 13.1. The monoisotopic (exact) mass is 744 g/mol. The molecule has 1 unspecified atom stereocenters. The summed E-state index contributed by atoms with van der Waals surface area (Å²) in [7, 11) is 1.22. The number of carbonyl (C=O) groups is 7. The van der Waals surface area contributed by atoms with Crippen molar-refractivity contribution >= 4 is 41.6 Å². The number of esters is 1. The third-order valence-corrected chi connectivity index (χ3v) is 8.44. The number of benzene rings is 1. The Morgan fingerprint density at radius 1 is 0.774 bits per heavy atom. The first-order valence-electron chi connectivity index (χ1n) is 17.9. The number of rotatable bonds is 19. The molecule has 1 aromatic carbocycles. The van der Waals surface area contributed by atoms with Crippen molar-refractivity contribution in [2.75, 3.05) is 13.7 Å². The minimum absolute atomic E-state index is 0.0483. The van der Waals surface area contributed by atoms with E-state index < -0.39 is 83.5 Å². The molecule has 0 aliphatic rings. The Labute approximate surface area is 313 Å². The zero-order valence-electron chi connectivity index (χ0n) is 33.0. The molecule has 0 saturated carbocycles. The van der Waals surface area contributed by atoms with Crippen molar-refractivity contribution < 1.29 is 43.0 Å². The lowest BCUT2D eigenvalue weighted by atomic mass is 9.96. The van der Waals surface area contributed by atoms with Gasteiger partial charge in [-0.3, -0.25) is 24.0 Å². The first-order valence-corrected chi connectivity index (χ1v) is 17.9. The van der Waals surface area contributed by atoms with E-state index >= 15 is 0 Å². The molecule has 0 saturated heterocycles. The number of carbonyl (C=O) groups excluding carboxylic acids is 7. The van der Waals surface area contributed by atoms with Crippen molar-refractivity contribution in [3.8, 4) is 0 Å². The van der Waals surface area contributed by atoms with Gasteiger partial charge in [-0.1, -0.05) is 70.5 Å². The van der Waals surface area contributed by atoms with Crippen LogP contribution in [-0.4, -0.2) is 102 Å². The lowest BCUT2D eigenvalue weighted by molar-refractivity contribution is -0.147. The molecule has 0 heterocycles. The van der Waals surface area contributed by atoms with Crippen molar-refractivity contribution in [2.24, 2.45) is 11.8 Å². The lowest BCUT2D eigenvalue weighted by Crippen LogP contribution is -2.61. The second kappa shape index (κ2) is 21.5. The fraction of sp³-hybridized carbons (Fsp3) is 0.605. The molecule has 296 valence electrons. The zero-order chi connectivity index (χ0) is 40.6. The number of alkyl carbamates (subject to hydrolysis) is 1. The lowest BCUT2D eigenvalue weighted by Gasteiger charge is -2.33. The third kappa shape index (κ3) is 15.3. The van der Waals surface area contributed by atoms with E-state index in [1.165, 1.54) is 38.9 Å². The Morgan fingerprint density at radius 3 is 1.83 bits per heavy atom. The Kier molecular flexibility index (Phi) is 18.7. The minimum Gasteiger partial charge on any atom is -0.467 e. The number of nitrogens with one attached hydrogen (secondary N) is 5. The van der Waals surface area contributed by atoms with E-state index in [4.69, 9.17) is 9.47 Å². The van der Waals surface area contributed by atoms with Gasteiger partial charge in [-0.05, 0) is 58.9 Å². The maximum Gasteiger partial charge on any atom is 0.408 e. The van der Waals surface area contributed by atoms with Crippen LogP contribution < -0.4 is 26.6 Å². The second-order valence-corrected chi connectivity index (χ2v) is 14.4. The van der Waals surface area contributed by atoms with E-state index in [1.54, 1.807) is 71.9 Å². The molecule has 1 aromatic rings. The van der Waals surface area contributed by atoms with Gasteiger partial charge >= 0.3 is 12.1 Å². The first kappa shape index (κ1) is 46.1.